The Balaban J connectivity index is 1.56. The maximum Gasteiger partial charge on any atom is 0.245 e. The van der Waals surface area contributed by atoms with Crippen LogP contribution in [-0.2, 0) is 75.2 Å². The summed E-state index contributed by atoms with van der Waals surface area (Å²) in [6.07, 6.45) is 3.12. The Morgan fingerprint density at radius 2 is 1.01 bits per heavy atom. The molecular weight excluding hydrogens is 1250 g/mol. The molecule has 0 saturated carbocycles. The van der Waals surface area contributed by atoms with Gasteiger partial charge in [0.05, 0.1) is 12.6 Å². The smallest absolute Gasteiger partial charge is 0.245 e. The predicted octanol–water partition coefficient (Wildman–Crippen LogP) is -3.71. The Morgan fingerprint density at radius 3 is 1.51 bits per heavy atom. The number of nitrogens with zero attached hydrogens (tertiary/aromatic N) is 3. The van der Waals surface area contributed by atoms with Crippen LogP contribution in [-0.4, -0.2) is 198 Å². The highest BCUT2D eigenvalue weighted by Gasteiger charge is 2.42. The Morgan fingerprint density at radius 1 is 0.537 bits per heavy atom. The van der Waals surface area contributed by atoms with Crippen molar-refractivity contribution in [3.63, 3.8) is 0 Å². The number of thioether (sulfide) groups is 1. The molecule has 0 radical (unpaired) electrons. The van der Waals surface area contributed by atoms with Gasteiger partial charge in [0, 0.05) is 45.3 Å². The molecular formula is C63H98N18O13S. The highest BCUT2D eigenvalue weighted by atomic mass is 32.2. The first-order chi connectivity index (χ1) is 45.2. The van der Waals surface area contributed by atoms with Gasteiger partial charge in [0.2, 0.25) is 76.8 Å². The van der Waals surface area contributed by atoms with Crippen LogP contribution in [0.4, 0.5) is 0 Å². The molecule has 10 atom stereocenters. The molecule has 13 amide bonds. The number of unbranched alkanes of at least 4 members (excludes halogenated alkanes) is 1. The minimum Gasteiger partial charge on any atom is -0.370 e. The molecule has 0 unspecified atom stereocenters. The molecule has 2 aliphatic rings. The van der Waals surface area contributed by atoms with Crippen molar-refractivity contribution >= 4 is 94.5 Å². The van der Waals surface area contributed by atoms with Crippen molar-refractivity contribution in [2.24, 2.45) is 51.0 Å². The lowest BCUT2D eigenvalue weighted by atomic mass is 10.0. The van der Waals surface area contributed by atoms with E-state index < -0.39 is 169 Å². The summed E-state index contributed by atoms with van der Waals surface area (Å²) < 4.78 is 0. The van der Waals surface area contributed by atoms with Gasteiger partial charge in [-0.15, -0.1) is 0 Å². The van der Waals surface area contributed by atoms with Gasteiger partial charge in [-0.1, -0.05) is 74.5 Å². The van der Waals surface area contributed by atoms with E-state index >= 15 is 0 Å². The normalized spacial score (nSPS) is 16.8. The van der Waals surface area contributed by atoms with E-state index in [1.165, 1.54) is 21.6 Å². The molecule has 0 bridgehead atoms. The van der Waals surface area contributed by atoms with E-state index in [-0.39, 0.29) is 83.0 Å². The van der Waals surface area contributed by atoms with Crippen LogP contribution >= 0.6 is 11.8 Å². The van der Waals surface area contributed by atoms with Crippen LogP contribution in [0.1, 0.15) is 121 Å². The molecule has 0 spiro atoms. The minimum atomic E-state index is -1.64. The molecule has 2 saturated heterocycles. The Bertz CT molecular complexity index is 2960. The molecule has 2 aromatic carbocycles. The number of carbonyl (C=O) groups excluding carboxylic acids is 13. The number of hydrogen-bond acceptors (Lipinski definition) is 17. The first-order valence-corrected chi connectivity index (χ1v) is 33.6. The van der Waals surface area contributed by atoms with E-state index in [1.807, 2.05) is 20.1 Å². The number of nitrogens with two attached hydrogens (primary N) is 7. The van der Waals surface area contributed by atoms with Gasteiger partial charge in [0.1, 0.15) is 54.4 Å². The van der Waals surface area contributed by atoms with Crippen LogP contribution < -0.4 is 82.7 Å². The average molecular weight is 1350 g/mol. The maximum atomic E-state index is 14.7. The zero-order valence-corrected chi connectivity index (χ0v) is 55.3. The van der Waals surface area contributed by atoms with Gasteiger partial charge in [-0.2, -0.15) is 11.8 Å². The van der Waals surface area contributed by atoms with Gasteiger partial charge in [-0.05, 0) is 119 Å². The summed E-state index contributed by atoms with van der Waals surface area (Å²) in [7, 11) is 0. The van der Waals surface area contributed by atoms with Crippen LogP contribution in [0.5, 0.6) is 0 Å². The van der Waals surface area contributed by atoms with Crippen LogP contribution in [0.2, 0.25) is 0 Å². The summed E-state index contributed by atoms with van der Waals surface area (Å²) in [5, 5.41) is 21.1. The number of rotatable bonds is 42. The van der Waals surface area contributed by atoms with Crippen LogP contribution in [0.3, 0.4) is 0 Å². The number of carbonyl (C=O) groups is 13. The van der Waals surface area contributed by atoms with E-state index in [4.69, 9.17) is 40.1 Å². The molecule has 0 aromatic heterocycles. The average Bonchev–Trinajstić information content (AvgIpc) is 1.74. The van der Waals surface area contributed by atoms with Crippen molar-refractivity contribution in [2.45, 2.75) is 183 Å². The van der Waals surface area contributed by atoms with Crippen molar-refractivity contribution in [1.82, 2.24) is 52.3 Å². The molecule has 31 nitrogen and oxygen atoms in total. The SMILES string of the molecule is CSCC[C@H](NC(=O)[C@@H](CC(C)C)NC(=O)CNC(=O)[C@@H](Cc1ccccc1)NC(=O)[C@H](Cc1ccccc1)NC(=O)[C@H](CCC(N)=O)NC(=O)[C@@H](CCC(N)=O)NC(=O)[C@H]1CCCN1C(=O)[C@@H](CCCCN)NC(=O)[C@H]1CCCN1C(=O)[C@@H](N)CCCN=C(N)N)C(N)=O. The summed E-state index contributed by atoms with van der Waals surface area (Å²) in [5.41, 5.74) is 40.6. The number of primary amides is 3. The zero-order valence-electron chi connectivity index (χ0n) is 54.5. The van der Waals surface area contributed by atoms with Crippen LogP contribution in [0.15, 0.2) is 65.7 Å². The van der Waals surface area contributed by atoms with Crippen molar-refractivity contribution in [1.29, 1.82) is 0 Å². The zero-order chi connectivity index (χ0) is 70.1. The number of hydrogen-bond donors (Lipinski definition) is 15. The Labute approximate surface area is 558 Å². The lowest BCUT2D eigenvalue weighted by Crippen LogP contribution is -2.60. The number of likely N-dealkylation sites (tertiary alicyclic amines) is 2. The number of guanidine groups is 1. The molecule has 2 fully saturated rings. The number of amides is 13. The largest absolute Gasteiger partial charge is 0.370 e. The van der Waals surface area contributed by atoms with Gasteiger partial charge in [-0.25, -0.2) is 0 Å². The molecule has 2 aromatic rings. The molecule has 32 heteroatoms. The quantitative estimate of drug-likeness (QED) is 0.0173. The fourth-order valence-electron chi connectivity index (χ4n) is 11.0. The molecule has 2 heterocycles. The second-order valence-corrected chi connectivity index (χ2v) is 25.1. The van der Waals surface area contributed by atoms with Crippen molar-refractivity contribution < 1.29 is 62.3 Å². The Hall–Kier alpha value is -8.91. The third-order valence-electron chi connectivity index (χ3n) is 16.0. The number of nitrogens with one attached hydrogen (secondary N) is 8. The van der Waals surface area contributed by atoms with Crippen molar-refractivity contribution in [3.8, 4) is 0 Å². The minimum absolute atomic E-state index is 0.0736. The van der Waals surface area contributed by atoms with E-state index in [0.29, 0.717) is 55.4 Å². The predicted molar refractivity (Wildman–Crippen MR) is 356 cm³/mol. The second kappa shape index (κ2) is 41.0. The topological polar surface area (TPSA) is 519 Å². The molecule has 95 heavy (non-hydrogen) atoms. The van der Waals surface area contributed by atoms with Gasteiger partial charge in [0.15, 0.2) is 5.96 Å². The van der Waals surface area contributed by atoms with Gasteiger partial charge in [-0.3, -0.25) is 67.3 Å². The van der Waals surface area contributed by atoms with Gasteiger partial charge in [0.25, 0.3) is 0 Å². The summed E-state index contributed by atoms with van der Waals surface area (Å²) in [4.78, 5) is 185. The molecule has 2 aliphatic heterocycles. The third kappa shape index (κ3) is 27.5. The van der Waals surface area contributed by atoms with E-state index in [2.05, 4.69) is 47.5 Å². The summed E-state index contributed by atoms with van der Waals surface area (Å²) in [6, 6.07) is 4.51. The number of benzene rings is 2. The van der Waals surface area contributed by atoms with Crippen LogP contribution in [0.25, 0.3) is 0 Å². The number of aliphatic imine (C=N–C) groups is 1. The maximum absolute atomic E-state index is 14.7. The first-order valence-electron chi connectivity index (χ1n) is 32.2. The lowest BCUT2D eigenvalue weighted by molar-refractivity contribution is -0.144. The summed E-state index contributed by atoms with van der Waals surface area (Å²) in [5.74, 6) is -9.80. The van der Waals surface area contributed by atoms with E-state index in [1.54, 1.807) is 60.7 Å². The molecule has 524 valence electrons. The first kappa shape index (κ1) is 78.5. The standard InChI is InChI=1S/C63H98N18O13S/c1-37(2)33-45(57(89)74-41(53(68)85)27-32-95-3)73-52(84)36-72-54(86)46(34-38-15-6-4-7-16-38)78-58(90)47(35-39-17-8-5-9-18-39)79-56(88)42(23-25-50(66)82)75-55(87)43(24-26-51(67)83)76-59(91)49-22-14-31-81(49)62(94)44(20-10-11-28-64)77-60(92)48-21-13-30-80(48)61(93)40(65)19-12-29-71-63(69)70/h4-9,15-18,37,40-49H,10-14,19-36,64-65H2,1-3H3,(H2,66,82)(H2,67,83)(H2,68,85)(H,72,86)(H,73,84)(H,74,89)(H,75,87)(H,76,91)(H,77,92)(H,78,90)(H,79,88)(H4,69,70,71)/t40-,41-,42-,43+,44+,45+,46+,47-,48+,49+/m0/s1. The summed E-state index contributed by atoms with van der Waals surface area (Å²) >= 11 is 1.45. The van der Waals surface area contributed by atoms with Gasteiger partial charge < -0.3 is 92.5 Å². The second-order valence-electron chi connectivity index (χ2n) is 24.1. The highest BCUT2D eigenvalue weighted by Crippen LogP contribution is 2.24. The van der Waals surface area contributed by atoms with Crippen LogP contribution in [0, 0.1) is 5.92 Å². The van der Waals surface area contributed by atoms with Gasteiger partial charge >= 0.3 is 0 Å². The Kier molecular flexibility index (Phi) is 33.9. The third-order valence-corrected chi connectivity index (χ3v) is 16.7. The lowest BCUT2D eigenvalue weighted by Gasteiger charge is -2.32. The fourth-order valence-corrected chi connectivity index (χ4v) is 11.5. The molecule has 22 N–H and O–H groups in total. The van der Waals surface area contributed by atoms with Crippen molar-refractivity contribution in [3.05, 3.63) is 71.8 Å². The monoisotopic (exact) mass is 1350 g/mol. The van der Waals surface area contributed by atoms with E-state index in [0.717, 1.165) is 0 Å². The summed E-state index contributed by atoms with van der Waals surface area (Å²) in [6.45, 7) is 3.86. The molecule has 0 aliphatic carbocycles. The fraction of sp³-hybridized carbons (Fsp3) is 0.587. The van der Waals surface area contributed by atoms with Crippen molar-refractivity contribution in [2.75, 3.05) is 44.7 Å². The molecule has 4 rings (SSSR count). The highest BCUT2D eigenvalue weighted by molar-refractivity contribution is 7.98. The van der Waals surface area contributed by atoms with E-state index in [9.17, 15) is 62.3 Å².